The normalized spacial score (nSPS) is 15.1. The van der Waals surface area contributed by atoms with Crippen LogP contribution in [0, 0.1) is 5.92 Å². The van der Waals surface area contributed by atoms with Gasteiger partial charge in [0.05, 0.1) is 0 Å². The molecule has 0 unspecified atom stereocenters. The molecule has 0 spiro atoms. The first-order valence-corrected chi connectivity index (χ1v) is 8.14. The molecule has 2 aromatic rings. The van der Waals surface area contributed by atoms with Gasteiger partial charge in [0.25, 0.3) is 5.91 Å². The number of amides is 1. The van der Waals surface area contributed by atoms with Gasteiger partial charge in [0.15, 0.2) is 0 Å². The molecule has 0 radical (unpaired) electrons. The topological polar surface area (TPSA) is 71.3 Å². The van der Waals surface area contributed by atoms with Gasteiger partial charge in [0, 0.05) is 24.2 Å². The van der Waals surface area contributed by atoms with Gasteiger partial charge in [-0.25, -0.2) is 0 Å². The van der Waals surface area contributed by atoms with Crippen molar-refractivity contribution in [2.75, 3.05) is 26.2 Å². The van der Waals surface area contributed by atoms with Crippen molar-refractivity contribution in [1.29, 1.82) is 0 Å². The molecule has 0 saturated carbocycles. The van der Waals surface area contributed by atoms with Crippen LogP contribution in [0.25, 0.3) is 11.4 Å². The summed E-state index contributed by atoms with van der Waals surface area (Å²) in [4.78, 5) is 18.5. The third-order valence-corrected chi connectivity index (χ3v) is 4.34. The van der Waals surface area contributed by atoms with E-state index in [9.17, 15) is 4.79 Å². The number of piperidine rings is 1. The van der Waals surface area contributed by atoms with E-state index >= 15 is 0 Å². The summed E-state index contributed by atoms with van der Waals surface area (Å²) in [5, 5.41) is 7.19. The molecule has 1 fully saturated rings. The summed E-state index contributed by atoms with van der Waals surface area (Å²) in [6.45, 7) is 5.85. The van der Waals surface area contributed by atoms with Gasteiger partial charge in [-0.15, -0.1) is 12.4 Å². The second-order valence-corrected chi connectivity index (χ2v) is 5.88. The van der Waals surface area contributed by atoms with E-state index in [1.807, 2.05) is 29.2 Å². The predicted molar refractivity (Wildman–Crippen MR) is 94.2 cm³/mol. The minimum absolute atomic E-state index is 0. The minimum Gasteiger partial charge on any atom is -0.342 e. The number of nitrogens with zero attached hydrogens (tertiary/aromatic N) is 3. The molecular formula is C17H23ClN4O2. The number of carbonyl (C=O) groups is 1. The summed E-state index contributed by atoms with van der Waals surface area (Å²) in [5.74, 6) is 1.32. The van der Waals surface area contributed by atoms with Crippen molar-refractivity contribution >= 4 is 18.3 Å². The fourth-order valence-electron chi connectivity index (χ4n) is 2.93. The summed E-state index contributed by atoms with van der Waals surface area (Å²) < 4.78 is 4.74. The third kappa shape index (κ3) is 4.33. The van der Waals surface area contributed by atoms with Crippen LogP contribution in [0.15, 0.2) is 35.2 Å². The molecule has 7 heteroatoms. The molecule has 1 N–H and O–H groups in total. The fraction of sp³-hybridized carbons (Fsp3) is 0.471. The van der Waals surface area contributed by atoms with Gasteiger partial charge in [-0.05, 0) is 44.0 Å². The van der Waals surface area contributed by atoms with E-state index in [0.29, 0.717) is 17.3 Å². The lowest BCUT2D eigenvalue weighted by Gasteiger charge is -2.32. The summed E-state index contributed by atoms with van der Waals surface area (Å²) in [5.41, 5.74) is 1.56. The monoisotopic (exact) mass is 350 g/mol. The molecule has 130 valence electrons. The highest BCUT2D eigenvalue weighted by Gasteiger charge is 2.23. The third-order valence-electron chi connectivity index (χ3n) is 4.34. The number of likely N-dealkylation sites (tertiary alicyclic amines) is 1. The summed E-state index contributed by atoms with van der Waals surface area (Å²) in [6.07, 6.45) is 3.44. The van der Waals surface area contributed by atoms with Crippen molar-refractivity contribution in [2.45, 2.75) is 19.8 Å². The Morgan fingerprint density at radius 2 is 2.00 bits per heavy atom. The van der Waals surface area contributed by atoms with Crippen molar-refractivity contribution in [3.63, 3.8) is 0 Å². The summed E-state index contributed by atoms with van der Waals surface area (Å²) >= 11 is 0. The van der Waals surface area contributed by atoms with Crippen LogP contribution in [-0.4, -0.2) is 47.1 Å². The number of halogens is 1. The number of hydrogen-bond donors (Lipinski definition) is 1. The van der Waals surface area contributed by atoms with Crippen LogP contribution in [0.3, 0.4) is 0 Å². The molecule has 1 saturated heterocycles. The molecule has 3 rings (SSSR count). The summed E-state index contributed by atoms with van der Waals surface area (Å²) in [7, 11) is 0. The Kier molecular flexibility index (Phi) is 6.75. The maximum atomic E-state index is 12.6. The van der Waals surface area contributed by atoms with Crippen LogP contribution in [0.4, 0.5) is 0 Å². The van der Waals surface area contributed by atoms with Gasteiger partial charge in [-0.2, -0.15) is 4.98 Å². The highest BCUT2D eigenvalue weighted by atomic mass is 35.5. The minimum atomic E-state index is 0. The van der Waals surface area contributed by atoms with Crippen LogP contribution in [0.2, 0.25) is 0 Å². The van der Waals surface area contributed by atoms with Crippen LogP contribution >= 0.6 is 12.4 Å². The van der Waals surface area contributed by atoms with Crippen molar-refractivity contribution < 1.29 is 9.32 Å². The van der Waals surface area contributed by atoms with Crippen LogP contribution in [-0.2, 0) is 0 Å². The average Bonchev–Trinajstić information content (AvgIpc) is 3.14. The summed E-state index contributed by atoms with van der Waals surface area (Å²) in [6, 6.07) is 7.38. The Bertz CT molecular complexity index is 623. The molecule has 1 amide bonds. The smallest absolute Gasteiger partial charge is 0.253 e. The first-order chi connectivity index (χ1) is 11.3. The van der Waals surface area contributed by atoms with E-state index in [0.717, 1.165) is 44.6 Å². The lowest BCUT2D eigenvalue weighted by atomic mass is 9.96. The van der Waals surface area contributed by atoms with Crippen molar-refractivity contribution in [2.24, 2.45) is 5.92 Å². The lowest BCUT2D eigenvalue weighted by molar-refractivity contribution is 0.0690. The van der Waals surface area contributed by atoms with E-state index in [4.69, 9.17) is 4.52 Å². The first kappa shape index (κ1) is 18.4. The number of aromatic nitrogens is 2. The Morgan fingerprint density at radius 3 is 2.58 bits per heavy atom. The van der Waals surface area contributed by atoms with Gasteiger partial charge in [-0.1, -0.05) is 24.2 Å². The highest BCUT2D eigenvalue weighted by molar-refractivity contribution is 5.94. The van der Waals surface area contributed by atoms with Crippen LogP contribution in [0.5, 0.6) is 0 Å². The largest absolute Gasteiger partial charge is 0.342 e. The van der Waals surface area contributed by atoms with Crippen molar-refractivity contribution in [3.05, 3.63) is 36.2 Å². The number of carbonyl (C=O) groups excluding carboxylic acids is 1. The SMILES string of the molecule is CCNCC1CCN(C(=O)c2ccc(-c3ncon3)cc2)CC1.Cl. The highest BCUT2D eigenvalue weighted by Crippen LogP contribution is 2.20. The predicted octanol–water partition coefficient (Wildman–Crippen LogP) is 2.62. The molecule has 1 aromatic heterocycles. The van der Waals surface area contributed by atoms with Gasteiger partial charge in [0.2, 0.25) is 12.2 Å². The Hall–Kier alpha value is -1.92. The van der Waals surface area contributed by atoms with Crippen LogP contribution < -0.4 is 5.32 Å². The lowest BCUT2D eigenvalue weighted by Crippen LogP contribution is -2.40. The zero-order valence-electron chi connectivity index (χ0n) is 13.8. The molecule has 0 bridgehead atoms. The number of benzene rings is 1. The molecule has 6 nitrogen and oxygen atoms in total. The van der Waals surface area contributed by atoms with Gasteiger partial charge in [0.1, 0.15) is 0 Å². The molecule has 24 heavy (non-hydrogen) atoms. The molecular weight excluding hydrogens is 328 g/mol. The number of nitrogens with one attached hydrogen (secondary N) is 1. The standard InChI is InChI=1S/C17H22N4O2.ClH/c1-2-18-11-13-7-9-21(10-8-13)17(22)15-5-3-14(4-6-15)16-19-12-23-20-16;/h3-6,12-13,18H,2,7-11H2,1H3;1H. The maximum Gasteiger partial charge on any atom is 0.253 e. The van der Waals surface area contributed by atoms with E-state index in [1.165, 1.54) is 6.39 Å². The van der Waals surface area contributed by atoms with Crippen LogP contribution in [0.1, 0.15) is 30.1 Å². The molecule has 0 aliphatic carbocycles. The van der Waals surface area contributed by atoms with E-state index < -0.39 is 0 Å². The van der Waals surface area contributed by atoms with Gasteiger partial charge in [-0.3, -0.25) is 4.79 Å². The van der Waals surface area contributed by atoms with E-state index in [2.05, 4.69) is 22.4 Å². The number of rotatable bonds is 5. The van der Waals surface area contributed by atoms with Crippen molar-refractivity contribution in [3.8, 4) is 11.4 Å². The molecule has 2 heterocycles. The molecule has 1 aromatic carbocycles. The Balaban J connectivity index is 0.00000208. The first-order valence-electron chi connectivity index (χ1n) is 8.14. The second kappa shape index (κ2) is 8.80. The number of hydrogen-bond acceptors (Lipinski definition) is 5. The zero-order chi connectivity index (χ0) is 16.1. The zero-order valence-corrected chi connectivity index (χ0v) is 14.6. The van der Waals surface area contributed by atoms with Crippen molar-refractivity contribution in [1.82, 2.24) is 20.4 Å². The Labute approximate surface area is 148 Å². The van der Waals surface area contributed by atoms with E-state index in [-0.39, 0.29) is 18.3 Å². The molecule has 1 aliphatic heterocycles. The second-order valence-electron chi connectivity index (χ2n) is 5.88. The van der Waals surface area contributed by atoms with E-state index in [1.54, 1.807) is 0 Å². The average molecular weight is 351 g/mol. The maximum absolute atomic E-state index is 12.6. The Morgan fingerprint density at radius 1 is 1.29 bits per heavy atom. The fourth-order valence-corrected chi connectivity index (χ4v) is 2.93. The quantitative estimate of drug-likeness (QED) is 0.897. The molecule has 1 aliphatic rings. The van der Waals surface area contributed by atoms with Gasteiger partial charge < -0.3 is 14.7 Å². The van der Waals surface area contributed by atoms with Gasteiger partial charge >= 0.3 is 0 Å². The molecule has 0 atom stereocenters.